The van der Waals surface area contributed by atoms with Gasteiger partial charge in [-0.2, -0.15) is 4.68 Å². The van der Waals surface area contributed by atoms with Gasteiger partial charge in [0.2, 0.25) is 10.3 Å². The van der Waals surface area contributed by atoms with E-state index in [0.29, 0.717) is 10.3 Å². The molecule has 1 N–H and O–H groups in total. The maximum Gasteiger partial charge on any atom is 0.325 e. The van der Waals surface area contributed by atoms with Crippen LogP contribution in [0, 0.1) is 0 Å². The van der Waals surface area contributed by atoms with Crippen molar-refractivity contribution in [2.75, 3.05) is 0 Å². The lowest BCUT2D eigenvalue weighted by Gasteiger charge is -2.03. The Labute approximate surface area is 121 Å². The van der Waals surface area contributed by atoms with Crippen LogP contribution in [0.2, 0.25) is 0 Å². The number of carboxylic acid groups (broad SMARTS) is 1. The van der Waals surface area contributed by atoms with Crippen molar-refractivity contribution in [1.29, 1.82) is 0 Å². The van der Waals surface area contributed by atoms with Crippen LogP contribution in [0.4, 0.5) is 0 Å². The molecule has 0 atom stereocenters. The summed E-state index contributed by atoms with van der Waals surface area (Å²) in [6, 6.07) is 9.30. The van der Waals surface area contributed by atoms with Gasteiger partial charge in [-0.3, -0.25) is 4.79 Å². The Balaban J connectivity index is 1.89. The number of carbonyl (C=O) groups is 1. The van der Waals surface area contributed by atoms with Crippen molar-refractivity contribution in [1.82, 2.24) is 40.4 Å². The number of nitrogens with zero attached hydrogens (tertiary/aromatic N) is 8. The highest BCUT2D eigenvalue weighted by Gasteiger charge is 2.16. The Bertz CT molecular complexity index is 755. The Morgan fingerprint density at radius 1 is 1.10 bits per heavy atom. The molecule has 2 heterocycles. The average molecular weight is 304 g/mol. The van der Waals surface area contributed by atoms with E-state index in [2.05, 4.69) is 31.1 Å². The molecule has 21 heavy (non-hydrogen) atoms. The Morgan fingerprint density at radius 3 is 2.57 bits per heavy atom. The number of hydrogen-bond donors (Lipinski definition) is 1. The van der Waals surface area contributed by atoms with Gasteiger partial charge >= 0.3 is 5.97 Å². The molecule has 3 aromatic rings. The smallest absolute Gasteiger partial charge is 0.325 e. The highest BCUT2D eigenvalue weighted by molar-refractivity contribution is 7.99. The fourth-order valence-corrected chi connectivity index (χ4v) is 2.31. The normalized spacial score (nSPS) is 10.7. The quantitative estimate of drug-likeness (QED) is 0.686. The maximum absolute atomic E-state index is 10.7. The van der Waals surface area contributed by atoms with Crippen molar-refractivity contribution in [3.63, 3.8) is 0 Å². The minimum atomic E-state index is -1.04. The van der Waals surface area contributed by atoms with E-state index in [4.69, 9.17) is 5.11 Å². The molecule has 2 aromatic heterocycles. The van der Waals surface area contributed by atoms with Crippen LogP contribution in [0.5, 0.6) is 0 Å². The predicted molar refractivity (Wildman–Crippen MR) is 68.7 cm³/mol. The number of rotatable bonds is 5. The molecule has 0 fully saturated rings. The topological polar surface area (TPSA) is 124 Å². The second kappa shape index (κ2) is 5.66. The van der Waals surface area contributed by atoms with E-state index in [0.717, 1.165) is 22.1 Å². The first-order valence-electron chi connectivity index (χ1n) is 5.73. The van der Waals surface area contributed by atoms with E-state index < -0.39 is 5.97 Å². The van der Waals surface area contributed by atoms with Gasteiger partial charge in [-0.05, 0) is 44.7 Å². The number of aliphatic carboxylic acids is 1. The Morgan fingerprint density at radius 2 is 1.81 bits per heavy atom. The number of hydrogen-bond acceptors (Lipinski definition) is 8. The van der Waals surface area contributed by atoms with Gasteiger partial charge in [-0.15, -0.1) is 10.2 Å². The molecule has 0 aliphatic heterocycles. The van der Waals surface area contributed by atoms with Gasteiger partial charge < -0.3 is 5.11 Å². The van der Waals surface area contributed by atoms with Crippen molar-refractivity contribution in [2.45, 2.75) is 16.9 Å². The zero-order valence-corrected chi connectivity index (χ0v) is 11.3. The summed E-state index contributed by atoms with van der Waals surface area (Å²) >= 11 is 1.08. The van der Waals surface area contributed by atoms with Crippen LogP contribution in [0.15, 0.2) is 40.6 Å². The summed E-state index contributed by atoms with van der Waals surface area (Å²) in [4.78, 5) is 10.7. The van der Waals surface area contributed by atoms with Gasteiger partial charge in [0.15, 0.2) is 0 Å². The van der Waals surface area contributed by atoms with Gasteiger partial charge in [0.25, 0.3) is 0 Å². The summed E-state index contributed by atoms with van der Waals surface area (Å²) in [5.41, 5.74) is 0.780. The molecule has 106 valence electrons. The minimum absolute atomic E-state index is 0.296. The molecule has 0 saturated carbocycles. The molecule has 0 unspecified atom stereocenters. The zero-order valence-electron chi connectivity index (χ0n) is 10.4. The molecule has 0 radical (unpaired) electrons. The zero-order chi connectivity index (χ0) is 14.7. The predicted octanol–water partition coefficient (Wildman–Crippen LogP) is -0.115. The van der Waals surface area contributed by atoms with Crippen molar-refractivity contribution in [3.05, 3.63) is 30.3 Å². The molecule has 0 amide bonds. The van der Waals surface area contributed by atoms with E-state index in [1.807, 2.05) is 30.3 Å². The molecule has 3 rings (SSSR count). The first-order chi connectivity index (χ1) is 10.2. The molecule has 0 spiro atoms. The average Bonchev–Trinajstić information content (AvgIpc) is 3.10. The molecule has 0 bridgehead atoms. The minimum Gasteiger partial charge on any atom is -0.480 e. The largest absolute Gasteiger partial charge is 0.480 e. The van der Waals surface area contributed by atoms with Crippen molar-refractivity contribution in [3.8, 4) is 5.69 Å². The van der Waals surface area contributed by atoms with Gasteiger partial charge in [-0.25, -0.2) is 4.68 Å². The van der Waals surface area contributed by atoms with Gasteiger partial charge in [0.05, 0.1) is 5.69 Å². The van der Waals surface area contributed by atoms with Crippen LogP contribution < -0.4 is 0 Å². The molecule has 0 saturated heterocycles. The van der Waals surface area contributed by atoms with Crippen LogP contribution in [-0.2, 0) is 11.3 Å². The lowest BCUT2D eigenvalue weighted by Crippen LogP contribution is -2.11. The summed E-state index contributed by atoms with van der Waals surface area (Å²) in [7, 11) is 0. The fourth-order valence-electron chi connectivity index (χ4n) is 1.55. The molecular formula is C10H8N8O2S. The Hall–Kier alpha value is -2.82. The fraction of sp³-hybridized carbons (Fsp3) is 0.100. The van der Waals surface area contributed by atoms with Crippen LogP contribution in [0.3, 0.4) is 0 Å². The summed E-state index contributed by atoms with van der Waals surface area (Å²) < 4.78 is 2.68. The SMILES string of the molecule is O=C(O)Cn1nnnc1Sc1nnnn1-c1ccccc1. The van der Waals surface area contributed by atoms with E-state index in [9.17, 15) is 4.79 Å². The van der Waals surface area contributed by atoms with E-state index >= 15 is 0 Å². The standard InChI is InChI=1S/C10H8N8O2S/c19-8(20)6-17-9(11-13-15-17)21-10-12-14-16-18(10)7-4-2-1-3-5-7/h1-5H,6H2,(H,19,20). The highest BCUT2D eigenvalue weighted by atomic mass is 32.2. The molecule has 11 heteroatoms. The van der Waals surface area contributed by atoms with Gasteiger partial charge in [0, 0.05) is 0 Å². The van der Waals surface area contributed by atoms with Crippen molar-refractivity contribution < 1.29 is 9.90 Å². The molecular weight excluding hydrogens is 296 g/mol. The second-order valence-corrected chi connectivity index (χ2v) is 4.76. The van der Waals surface area contributed by atoms with E-state index in [1.54, 1.807) is 0 Å². The third kappa shape index (κ3) is 2.86. The molecule has 0 aliphatic carbocycles. The number of para-hydroxylation sites is 1. The van der Waals surface area contributed by atoms with Crippen molar-refractivity contribution in [2.24, 2.45) is 0 Å². The monoisotopic (exact) mass is 304 g/mol. The van der Waals surface area contributed by atoms with Gasteiger partial charge in [0.1, 0.15) is 6.54 Å². The first-order valence-corrected chi connectivity index (χ1v) is 6.55. The molecule has 1 aromatic carbocycles. The number of tetrazole rings is 2. The van der Waals surface area contributed by atoms with Crippen LogP contribution >= 0.6 is 11.8 Å². The summed E-state index contributed by atoms with van der Waals surface area (Å²) in [6.07, 6.45) is 0. The summed E-state index contributed by atoms with van der Waals surface area (Å²) in [6.45, 7) is -0.331. The lowest BCUT2D eigenvalue weighted by atomic mass is 10.3. The van der Waals surface area contributed by atoms with Crippen molar-refractivity contribution >= 4 is 17.7 Å². The number of benzene rings is 1. The lowest BCUT2D eigenvalue weighted by molar-refractivity contribution is -0.138. The second-order valence-electron chi connectivity index (χ2n) is 3.82. The highest BCUT2D eigenvalue weighted by Crippen LogP contribution is 2.24. The van der Waals surface area contributed by atoms with Crippen LogP contribution in [0.1, 0.15) is 0 Å². The summed E-state index contributed by atoms with van der Waals surface area (Å²) in [5.74, 6) is -1.04. The summed E-state index contributed by atoms with van der Waals surface area (Å²) in [5, 5.41) is 31.8. The molecule has 0 aliphatic rings. The van der Waals surface area contributed by atoms with E-state index in [-0.39, 0.29) is 6.54 Å². The third-order valence-electron chi connectivity index (χ3n) is 2.41. The van der Waals surface area contributed by atoms with Crippen LogP contribution in [-0.4, -0.2) is 51.5 Å². The maximum atomic E-state index is 10.7. The number of carboxylic acids is 1. The number of aromatic nitrogens is 8. The van der Waals surface area contributed by atoms with Crippen LogP contribution in [0.25, 0.3) is 5.69 Å². The van der Waals surface area contributed by atoms with Gasteiger partial charge in [-0.1, -0.05) is 18.2 Å². The van der Waals surface area contributed by atoms with E-state index in [1.165, 1.54) is 4.68 Å². The molecule has 10 nitrogen and oxygen atoms in total. The Kier molecular flexibility index (Phi) is 3.55. The first kappa shape index (κ1) is 13.2. The third-order valence-corrected chi connectivity index (χ3v) is 3.32.